The summed E-state index contributed by atoms with van der Waals surface area (Å²) in [5.41, 5.74) is 2.79. The Morgan fingerprint density at radius 2 is 1.95 bits per heavy atom. The number of hydrogen-bond acceptors (Lipinski definition) is 3. The number of phenolic OH excluding ortho intramolecular Hbond substituents is 1. The average Bonchev–Trinajstić information content (AvgIpc) is 2.77. The van der Waals surface area contributed by atoms with E-state index >= 15 is 0 Å². The van der Waals surface area contributed by atoms with Crippen LogP contribution in [0.2, 0.25) is 0 Å². The number of rotatable bonds is 2. The van der Waals surface area contributed by atoms with Gasteiger partial charge in [-0.1, -0.05) is 40.2 Å². The summed E-state index contributed by atoms with van der Waals surface area (Å²) >= 11 is 6.68. The van der Waals surface area contributed by atoms with Crippen LogP contribution in [0.1, 0.15) is 22.7 Å². The van der Waals surface area contributed by atoms with E-state index in [0.29, 0.717) is 16.5 Å². The van der Waals surface area contributed by atoms with E-state index in [9.17, 15) is 10.2 Å². The third kappa shape index (κ3) is 2.91. The summed E-state index contributed by atoms with van der Waals surface area (Å²) in [4.78, 5) is 4.48. The highest BCUT2D eigenvalue weighted by molar-refractivity contribution is 9.11. The molecule has 2 aromatic rings. The van der Waals surface area contributed by atoms with Crippen LogP contribution < -0.4 is 0 Å². The molecule has 0 amide bonds. The molecule has 0 aromatic heterocycles. The fourth-order valence-corrected chi connectivity index (χ4v) is 3.84. The predicted molar refractivity (Wildman–Crippen MR) is 90.0 cm³/mol. The van der Waals surface area contributed by atoms with Gasteiger partial charge in [-0.15, -0.1) is 0 Å². The predicted octanol–water partition coefficient (Wildman–Crippen LogP) is 3.99. The first-order chi connectivity index (χ1) is 10.1. The highest BCUT2D eigenvalue weighted by Gasteiger charge is 2.29. The maximum Gasteiger partial charge on any atom is 0.138 e. The second-order valence-electron chi connectivity index (χ2n) is 5.02. The Morgan fingerprint density at radius 3 is 2.76 bits per heavy atom. The summed E-state index contributed by atoms with van der Waals surface area (Å²) in [5, 5.41) is 20.2. The molecule has 0 fully saturated rings. The second-order valence-corrected chi connectivity index (χ2v) is 6.79. The van der Waals surface area contributed by atoms with Gasteiger partial charge in [0.1, 0.15) is 11.8 Å². The van der Waals surface area contributed by atoms with Crippen molar-refractivity contribution in [3.8, 4) is 5.75 Å². The molecule has 0 radical (unpaired) electrons. The fourth-order valence-electron chi connectivity index (χ4n) is 2.58. The van der Waals surface area contributed by atoms with Gasteiger partial charge in [0.2, 0.25) is 0 Å². The summed E-state index contributed by atoms with van der Waals surface area (Å²) in [6.45, 7) is 0. The molecule has 108 valence electrons. The van der Waals surface area contributed by atoms with E-state index in [-0.39, 0.29) is 11.8 Å². The molecule has 3 rings (SSSR count). The zero-order chi connectivity index (χ0) is 15.0. The smallest absolute Gasteiger partial charge is 0.138 e. The van der Waals surface area contributed by atoms with Crippen molar-refractivity contribution in [2.45, 2.75) is 18.6 Å². The number of hydrogen-bond donors (Lipinski definition) is 2. The molecule has 21 heavy (non-hydrogen) atoms. The van der Waals surface area contributed by atoms with E-state index in [2.05, 4.69) is 36.9 Å². The van der Waals surface area contributed by atoms with Gasteiger partial charge < -0.3 is 10.2 Å². The molecule has 0 saturated carbocycles. The van der Waals surface area contributed by atoms with Crippen molar-refractivity contribution >= 4 is 38.1 Å². The summed E-state index contributed by atoms with van der Waals surface area (Å²) < 4.78 is 1.45. The molecule has 0 bridgehead atoms. The lowest BCUT2D eigenvalue weighted by Crippen LogP contribution is -2.11. The Kier molecular flexibility index (Phi) is 4.15. The first kappa shape index (κ1) is 14.8. The number of nitrogens with zero attached hydrogens (tertiary/aromatic N) is 1. The third-order valence-electron chi connectivity index (χ3n) is 3.60. The van der Waals surface area contributed by atoms with E-state index in [1.165, 1.54) is 0 Å². The van der Waals surface area contributed by atoms with Crippen molar-refractivity contribution in [3.05, 3.63) is 62.0 Å². The number of aromatic hydroxyl groups is 1. The standard InChI is InChI=1S/C16H13Br2NO2/c17-11-5-10(16(21)13(18)7-11)8-19-15-12-4-2-1-3-9(12)6-14(15)20/h1-5,7-8,14-15,20-21H,6H2/t14-,15+/m0/s1. The van der Waals surface area contributed by atoms with E-state index in [1.807, 2.05) is 24.3 Å². The summed E-state index contributed by atoms with van der Waals surface area (Å²) in [6.07, 6.45) is 1.71. The summed E-state index contributed by atoms with van der Waals surface area (Å²) in [7, 11) is 0. The lowest BCUT2D eigenvalue weighted by molar-refractivity contribution is 0.159. The van der Waals surface area contributed by atoms with Crippen molar-refractivity contribution in [1.29, 1.82) is 0 Å². The van der Waals surface area contributed by atoms with Crippen LogP contribution in [0, 0.1) is 0 Å². The topological polar surface area (TPSA) is 52.8 Å². The number of aliphatic hydroxyl groups excluding tert-OH is 1. The van der Waals surface area contributed by atoms with Crippen LogP contribution in [0.5, 0.6) is 5.75 Å². The van der Waals surface area contributed by atoms with Crippen LogP contribution in [0.3, 0.4) is 0 Å². The van der Waals surface area contributed by atoms with Gasteiger partial charge in [-0.05, 0) is 39.2 Å². The van der Waals surface area contributed by atoms with Crippen molar-refractivity contribution in [2.24, 2.45) is 4.99 Å². The molecule has 5 heteroatoms. The lowest BCUT2D eigenvalue weighted by Gasteiger charge is -2.11. The van der Waals surface area contributed by atoms with E-state index in [0.717, 1.165) is 15.6 Å². The first-order valence-electron chi connectivity index (χ1n) is 6.53. The Bertz CT molecular complexity index is 715. The highest BCUT2D eigenvalue weighted by Crippen LogP contribution is 2.35. The summed E-state index contributed by atoms with van der Waals surface area (Å²) in [5.74, 6) is 0.141. The Balaban J connectivity index is 1.94. The van der Waals surface area contributed by atoms with Crippen LogP contribution in [0.25, 0.3) is 0 Å². The van der Waals surface area contributed by atoms with Gasteiger partial charge in [0.05, 0.1) is 10.6 Å². The van der Waals surface area contributed by atoms with Crippen LogP contribution >= 0.6 is 31.9 Å². The van der Waals surface area contributed by atoms with Gasteiger partial charge in [0.25, 0.3) is 0 Å². The zero-order valence-electron chi connectivity index (χ0n) is 11.0. The number of aliphatic hydroxyl groups is 1. The Hall–Kier alpha value is -1.17. The quantitative estimate of drug-likeness (QED) is 0.735. The molecule has 2 atom stereocenters. The molecular formula is C16H13Br2NO2. The first-order valence-corrected chi connectivity index (χ1v) is 8.12. The van der Waals surface area contributed by atoms with Crippen LogP contribution in [-0.2, 0) is 6.42 Å². The molecule has 1 aliphatic carbocycles. The SMILES string of the molecule is Oc1c(Br)cc(Br)cc1C=N[C@@H]1c2ccccc2C[C@@H]1O. The molecular weight excluding hydrogens is 398 g/mol. The van der Waals surface area contributed by atoms with Gasteiger partial charge in [0.15, 0.2) is 0 Å². The lowest BCUT2D eigenvalue weighted by atomic mass is 10.1. The van der Waals surface area contributed by atoms with Crippen molar-refractivity contribution in [1.82, 2.24) is 0 Å². The zero-order valence-corrected chi connectivity index (χ0v) is 14.2. The Morgan fingerprint density at radius 1 is 1.19 bits per heavy atom. The van der Waals surface area contributed by atoms with Crippen LogP contribution in [0.4, 0.5) is 0 Å². The number of halogens is 2. The second kappa shape index (κ2) is 5.91. The molecule has 2 aromatic carbocycles. The largest absolute Gasteiger partial charge is 0.506 e. The van der Waals surface area contributed by atoms with Crippen LogP contribution in [-0.4, -0.2) is 22.5 Å². The molecule has 3 nitrogen and oxygen atoms in total. The number of phenols is 1. The molecule has 2 N–H and O–H groups in total. The maximum absolute atomic E-state index is 10.2. The van der Waals surface area contributed by atoms with Gasteiger partial charge in [-0.3, -0.25) is 4.99 Å². The molecule has 0 saturated heterocycles. The van der Waals surface area contributed by atoms with E-state index in [1.54, 1.807) is 18.3 Å². The maximum atomic E-state index is 10.2. The van der Waals surface area contributed by atoms with E-state index in [4.69, 9.17) is 0 Å². The van der Waals surface area contributed by atoms with Gasteiger partial charge in [0, 0.05) is 22.7 Å². The van der Waals surface area contributed by atoms with Crippen molar-refractivity contribution in [3.63, 3.8) is 0 Å². The fraction of sp³-hybridized carbons (Fsp3) is 0.188. The Labute approximate surface area is 139 Å². The van der Waals surface area contributed by atoms with Gasteiger partial charge in [-0.2, -0.15) is 0 Å². The van der Waals surface area contributed by atoms with E-state index < -0.39 is 6.10 Å². The monoisotopic (exact) mass is 409 g/mol. The minimum Gasteiger partial charge on any atom is -0.506 e. The number of benzene rings is 2. The number of fused-ring (bicyclic) bond motifs is 1. The van der Waals surface area contributed by atoms with Crippen LogP contribution in [0.15, 0.2) is 50.3 Å². The van der Waals surface area contributed by atoms with Gasteiger partial charge in [-0.25, -0.2) is 0 Å². The minimum atomic E-state index is -0.517. The average molecular weight is 411 g/mol. The number of aliphatic imine (C=N–C) groups is 1. The summed E-state index contributed by atoms with van der Waals surface area (Å²) in [6, 6.07) is 11.2. The van der Waals surface area contributed by atoms with Gasteiger partial charge >= 0.3 is 0 Å². The molecule has 1 aliphatic rings. The molecule has 0 unspecified atom stereocenters. The van der Waals surface area contributed by atoms with Crippen molar-refractivity contribution in [2.75, 3.05) is 0 Å². The molecule has 0 aliphatic heterocycles. The third-order valence-corrected chi connectivity index (χ3v) is 4.66. The minimum absolute atomic E-state index is 0.141. The normalized spacial score (nSPS) is 20.9. The van der Waals surface area contributed by atoms with Crippen molar-refractivity contribution < 1.29 is 10.2 Å². The molecule has 0 spiro atoms. The highest BCUT2D eigenvalue weighted by atomic mass is 79.9. The molecule has 0 heterocycles.